The summed E-state index contributed by atoms with van der Waals surface area (Å²) in [6, 6.07) is 10.3. The van der Waals surface area contributed by atoms with Gasteiger partial charge < -0.3 is 10.5 Å². The van der Waals surface area contributed by atoms with Crippen LogP contribution in [0.1, 0.15) is 10.5 Å². The van der Waals surface area contributed by atoms with Crippen LogP contribution in [-0.2, 0) is 0 Å². The zero-order valence-corrected chi connectivity index (χ0v) is 8.46. The van der Waals surface area contributed by atoms with Crippen molar-refractivity contribution in [1.29, 1.82) is 0 Å². The molecule has 0 amide bonds. The molecule has 4 nitrogen and oxygen atoms in total. The summed E-state index contributed by atoms with van der Waals surface area (Å²) in [4.78, 5) is 14.4. The molecule has 0 fully saturated rings. The molecule has 1 heterocycles. The molecule has 1 aromatic heterocycles. The average Bonchev–Trinajstić information content (AvgIpc) is 2.32. The Morgan fingerprint density at radius 3 is 2.56 bits per heavy atom. The van der Waals surface area contributed by atoms with E-state index in [2.05, 4.69) is 4.98 Å². The van der Waals surface area contributed by atoms with Gasteiger partial charge >= 0.3 is 0 Å². The van der Waals surface area contributed by atoms with Gasteiger partial charge in [0.1, 0.15) is 17.2 Å². The summed E-state index contributed by atoms with van der Waals surface area (Å²) in [5.41, 5.74) is 6.57. The highest BCUT2D eigenvalue weighted by Gasteiger charge is 1.99. The molecule has 0 radical (unpaired) electrons. The molecule has 0 saturated heterocycles. The maximum atomic E-state index is 10.5. The molecule has 1 aromatic carbocycles. The summed E-state index contributed by atoms with van der Waals surface area (Å²) in [6.45, 7) is 0. The van der Waals surface area contributed by atoms with Crippen LogP contribution in [0.5, 0.6) is 11.5 Å². The standard InChI is InChI=1S/C12H10N2O2/c13-9-1-3-11(4-2-9)16-12-5-6-14-10(7-12)8-15/h1-8H,13H2. The molecule has 0 saturated carbocycles. The van der Waals surface area contributed by atoms with E-state index in [9.17, 15) is 4.79 Å². The number of hydrogen-bond donors (Lipinski definition) is 1. The molecule has 2 rings (SSSR count). The highest BCUT2D eigenvalue weighted by Crippen LogP contribution is 2.21. The summed E-state index contributed by atoms with van der Waals surface area (Å²) < 4.78 is 5.52. The van der Waals surface area contributed by atoms with Gasteiger partial charge in [0.15, 0.2) is 6.29 Å². The Hall–Kier alpha value is -2.36. The lowest BCUT2D eigenvalue weighted by atomic mass is 10.3. The van der Waals surface area contributed by atoms with Crippen LogP contribution in [0, 0.1) is 0 Å². The van der Waals surface area contributed by atoms with E-state index in [1.165, 1.54) is 6.20 Å². The second kappa shape index (κ2) is 4.44. The van der Waals surface area contributed by atoms with Crippen LogP contribution in [0.2, 0.25) is 0 Å². The topological polar surface area (TPSA) is 65.2 Å². The second-order valence-corrected chi connectivity index (χ2v) is 3.21. The van der Waals surface area contributed by atoms with Crippen LogP contribution in [0.25, 0.3) is 0 Å². The van der Waals surface area contributed by atoms with Crippen molar-refractivity contribution in [3.8, 4) is 11.5 Å². The summed E-state index contributed by atoms with van der Waals surface area (Å²) in [6.07, 6.45) is 2.20. The molecular weight excluding hydrogens is 204 g/mol. The van der Waals surface area contributed by atoms with E-state index < -0.39 is 0 Å². The third-order valence-corrected chi connectivity index (χ3v) is 1.99. The Kier molecular flexibility index (Phi) is 2.82. The first-order chi connectivity index (χ1) is 7.78. The van der Waals surface area contributed by atoms with Crippen molar-refractivity contribution < 1.29 is 9.53 Å². The average molecular weight is 214 g/mol. The first kappa shape index (κ1) is 10.2. The van der Waals surface area contributed by atoms with Gasteiger partial charge in [-0.25, -0.2) is 0 Å². The van der Waals surface area contributed by atoms with Crippen molar-refractivity contribution in [2.75, 3.05) is 5.73 Å². The molecule has 0 aliphatic carbocycles. The molecule has 0 aliphatic rings. The second-order valence-electron chi connectivity index (χ2n) is 3.21. The Bertz CT molecular complexity index is 495. The van der Waals surface area contributed by atoms with Crippen LogP contribution < -0.4 is 10.5 Å². The van der Waals surface area contributed by atoms with E-state index in [1.54, 1.807) is 36.4 Å². The number of carbonyl (C=O) groups is 1. The fourth-order valence-corrected chi connectivity index (χ4v) is 1.23. The molecule has 0 atom stereocenters. The SMILES string of the molecule is Nc1ccc(Oc2ccnc(C=O)c2)cc1. The normalized spacial score (nSPS) is 9.75. The predicted molar refractivity (Wildman–Crippen MR) is 60.6 cm³/mol. The van der Waals surface area contributed by atoms with Gasteiger partial charge in [-0.2, -0.15) is 0 Å². The lowest BCUT2D eigenvalue weighted by molar-refractivity contribution is 0.111. The van der Waals surface area contributed by atoms with Gasteiger partial charge in [-0.15, -0.1) is 0 Å². The molecule has 2 aromatic rings. The highest BCUT2D eigenvalue weighted by atomic mass is 16.5. The van der Waals surface area contributed by atoms with E-state index in [4.69, 9.17) is 10.5 Å². The first-order valence-corrected chi connectivity index (χ1v) is 4.72. The van der Waals surface area contributed by atoms with E-state index in [0.717, 1.165) is 0 Å². The largest absolute Gasteiger partial charge is 0.457 e. The minimum Gasteiger partial charge on any atom is -0.457 e. The number of nitrogens with two attached hydrogens (primary N) is 1. The van der Waals surface area contributed by atoms with Gasteiger partial charge in [0.25, 0.3) is 0 Å². The van der Waals surface area contributed by atoms with Crippen molar-refractivity contribution >= 4 is 12.0 Å². The number of nitrogens with zero attached hydrogens (tertiary/aromatic N) is 1. The smallest absolute Gasteiger partial charge is 0.168 e. The third kappa shape index (κ3) is 2.36. The highest BCUT2D eigenvalue weighted by molar-refractivity contribution is 5.72. The number of benzene rings is 1. The molecule has 80 valence electrons. The van der Waals surface area contributed by atoms with Crippen molar-refractivity contribution in [2.24, 2.45) is 0 Å². The molecule has 0 bridgehead atoms. The number of ether oxygens (including phenoxy) is 1. The van der Waals surface area contributed by atoms with Crippen LogP contribution in [-0.4, -0.2) is 11.3 Å². The number of hydrogen-bond acceptors (Lipinski definition) is 4. The number of carbonyl (C=O) groups excluding carboxylic acids is 1. The Labute approximate surface area is 92.7 Å². The van der Waals surface area contributed by atoms with Crippen LogP contribution >= 0.6 is 0 Å². The van der Waals surface area contributed by atoms with Gasteiger partial charge in [0, 0.05) is 18.0 Å². The number of rotatable bonds is 3. The lowest BCUT2D eigenvalue weighted by Gasteiger charge is -2.05. The summed E-state index contributed by atoms with van der Waals surface area (Å²) >= 11 is 0. The maximum Gasteiger partial charge on any atom is 0.168 e. The first-order valence-electron chi connectivity index (χ1n) is 4.72. The molecule has 0 spiro atoms. The quantitative estimate of drug-likeness (QED) is 0.628. The third-order valence-electron chi connectivity index (χ3n) is 1.99. The zero-order valence-electron chi connectivity index (χ0n) is 8.46. The summed E-state index contributed by atoms with van der Waals surface area (Å²) in [7, 11) is 0. The Balaban J connectivity index is 2.20. The Morgan fingerprint density at radius 1 is 1.12 bits per heavy atom. The van der Waals surface area contributed by atoms with E-state index in [-0.39, 0.29) is 0 Å². The van der Waals surface area contributed by atoms with Crippen LogP contribution in [0.4, 0.5) is 5.69 Å². The van der Waals surface area contributed by atoms with Gasteiger partial charge in [-0.05, 0) is 30.3 Å². The number of aldehydes is 1. The van der Waals surface area contributed by atoms with E-state index >= 15 is 0 Å². The Morgan fingerprint density at radius 2 is 1.88 bits per heavy atom. The minimum absolute atomic E-state index is 0.341. The predicted octanol–water partition coefficient (Wildman–Crippen LogP) is 2.27. The number of pyridine rings is 1. The van der Waals surface area contributed by atoms with Crippen LogP contribution in [0.15, 0.2) is 42.6 Å². The fraction of sp³-hybridized carbons (Fsp3) is 0. The lowest BCUT2D eigenvalue weighted by Crippen LogP contribution is -1.90. The van der Waals surface area contributed by atoms with Gasteiger partial charge in [-0.3, -0.25) is 9.78 Å². The summed E-state index contributed by atoms with van der Waals surface area (Å²) in [5, 5.41) is 0. The van der Waals surface area contributed by atoms with Gasteiger partial charge in [0.05, 0.1) is 0 Å². The van der Waals surface area contributed by atoms with Gasteiger partial charge in [0.2, 0.25) is 0 Å². The van der Waals surface area contributed by atoms with Crippen molar-refractivity contribution in [1.82, 2.24) is 4.98 Å². The zero-order chi connectivity index (χ0) is 11.4. The number of anilines is 1. The molecule has 0 unspecified atom stereocenters. The molecular formula is C12H10N2O2. The summed E-state index contributed by atoms with van der Waals surface area (Å²) in [5.74, 6) is 1.24. The molecule has 0 aliphatic heterocycles. The maximum absolute atomic E-state index is 10.5. The van der Waals surface area contributed by atoms with Crippen molar-refractivity contribution in [2.45, 2.75) is 0 Å². The molecule has 4 heteroatoms. The van der Waals surface area contributed by atoms with Crippen molar-refractivity contribution in [3.05, 3.63) is 48.3 Å². The van der Waals surface area contributed by atoms with Gasteiger partial charge in [-0.1, -0.05) is 0 Å². The van der Waals surface area contributed by atoms with E-state index in [1.807, 2.05) is 0 Å². The van der Waals surface area contributed by atoms with Crippen molar-refractivity contribution in [3.63, 3.8) is 0 Å². The number of aromatic nitrogens is 1. The number of nitrogen functional groups attached to an aromatic ring is 1. The molecule has 16 heavy (non-hydrogen) atoms. The molecule has 2 N–H and O–H groups in total. The van der Waals surface area contributed by atoms with E-state index in [0.29, 0.717) is 29.2 Å². The van der Waals surface area contributed by atoms with Crippen LogP contribution in [0.3, 0.4) is 0 Å². The fourth-order valence-electron chi connectivity index (χ4n) is 1.23. The minimum atomic E-state index is 0.341. The monoisotopic (exact) mass is 214 g/mol.